The van der Waals surface area contributed by atoms with Crippen LogP contribution in [0.1, 0.15) is 44.8 Å². The third kappa shape index (κ3) is 2.94. The zero-order chi connectivity index (χ0) is 13.1. The van der Waals surface area contributed by atoms with Crippen LogP contribution in [0.15, 0.2) is 0 Å². The van der Waals surface area contributed by atoms with E-state index >= 15 is 0 Å². The van der Waals surface area contributed by atoms with E-state index in [9.17, 15) is 0 Å². The third-order valence-electron chi connectivity index (χ3n) is 3.50. The van der Waals surface area contributed by atoms with Gasteiger partial charge in [-0.1, -0.05) is 36.7 Å². The molecule has 1 aliphatic heterocycles. The first kappa shape index (κ1) is 14.0. The number of alkyl halides is 1. The summed E-state index contributed by atoms with van der Waals surface area (Å²) < 4.78 is 7.82. The second kappa shape index (κ2) is 6.15. The normalized spacial score (nSPS) is 24.7. The van der Waals surface area contributed by atoms with Crippen molar-refractivity contribution in [3.63, 3.8) is 0 Å². The van der Waals surface area contributed by atoms with Gasteiger partial charge in [-0.25, -0.2) is 0 Å². The summed E-state index contributed by atoms with van der Waals surface area (Å²) in [6, 6.07) is 0. The summed E-state index contributed by atoms with van der Waals surface area (Å²) >= 11 is 3.50. The lowest BCUT2D eigenvalue weighted by molar-refractivity contribution is 0.0441. The van der Waals surface area contributed by atoms with Crippen molar-refractivity contribution in [3.8, 4) is 0 Å². The minimum absolute atomic E-state index is 0.484. The second-order valence-corrected chi connectivity index (χ2v) is 6.12. The van der Waals surface area contributed by atoms with Crippen molar-refractivity contribution in [2.24, 2.45) is 11.8 Å². The standard InChI is InChI=1S/C13H22BrN3O/c1-9(2)7-17-12(6-14)15-16-13(17)11-4-5-18-8-10(11)3/h9-11H,4-8H2,1-3H3. The summed E-state index contributed by atoms with van der Waals surface area (Å²) in [6.07, 6.45) is 1.06. The van der Waals surface area contributed by atoms with Crippen molar-refractivity contribution in [1.29, 1.82) is 0 Å². The van der Waals surface area contributed by atoms with Crippen LogP contribution in [0.3, 0.4) is 0 Å². The monoisotopic (exact) mass is 315 g/mol. The van der Waals surface area contributed by atoms with Crippen molar-refractivity contribution < 1.29 is 4.74 Å². The molecule has 4 nitrogen and oxygen atoms in total. The van der Waals surface area contributed by atoms with Crippen LogP contribution in [0.4, 0.5) is 0 Å². The van der Waals surface area contributed by atoms with E-state index in [1.165, 1.54) is 0 Å². The van der Waals surface area contributed by atoms with Gasteiger partial charge >= 0.3 is 0 Å². The molecule has 18 heavy (non-hydrogen) atoms. The Labute approximate surface area is 117 Å². The molecule has 2 rings (SSSR count). The number of aromatic nitrogens is 3. The van der Waals surface area contributed by atoms with Crippen LogP contribution in [-0.4, -0.2) is 28.0 Å². The molecule has 5 heteroatoms. The first-order valence-corrected chi connectivity index (χ1v) is 7.81. The van der Waals surface area contributed by atoms with Crippen LogP contribution in [0.25, 0.3) is 0 Å². The molecule has 0 radical (unpaired) electrons. The third-order valence-corrected chi connectivity index (χ3v) is 4.00. The van der Waals surface area contributed by atoms with Gasteiger partial charge in [-0.15, -0.1) is 10.2 Å². The molecule has 2 unspecified atom stereocenters. The summed E-state index contributed by atoms with van der Waals surface area (Å²) in [5.41, 5.74) is 0. The van der Waals surface area contributed by atoms with Crippen molar-refractivity contribution in [3.05, 3.63) is 11.6 Å². The van der Waals surface area contributed by atoms with E-state index in [4.69, 9.17) is 4.74 Å². The van der Waals surface area contributed by atoms with E-state index in [0.717, 1.165) is 43.2 Å². The van der Waals surface area contributed by atoms with Crippen molar-refractivity contribution >= 4 is 15.9 Å². The van der Waals surface area contributed by atoms with Crippen LogP contribution in [0, 0.1) is 11.8 Å². The van der Waals surface area contributed by atoms with E-state index in [2.05, 4.69) is 51.5 Å². The zero-order valence-corrected chi connectivity index (χ0v) is 13.0. The van der Waals surface area contributed by atoms with E-state index < -0.39 is 0 Å². The molecule has 0 spiro atoms. The van der Waals surface area contributed by atoms with E-state index in [-0.39, 0.29) is 0 Å². The average Bonchev–Trinajstić information content (AvgIpc) is 2.72. The van der Waals surface area contributed by atoms with E-state index in [1.54, 1.807) is 0 Å². The molecule has 102 valence electrons. The zero-order valence-electron chi connectivity index (χ0n) is 11.4. The Hall–Kier alpha value is -0.420. The first-order chi connectivity index (χ1) is 8.63. The summed E-state index contributed by atoms with van der Waals surface area (Å²) in [5.74, 6) is 3.80. The summed E-state index contributed by atoms with van der Waals surface area (Å²) in [5, 5.41) is 9.53. The number of halogens is 1. The van der Waals surface area contributed by atoms with Gasteiger partial charge in [0.1, 0.15) is 11.6 Å². The van der Waals surface area contributed by atoms with Crippen LogP contribution >= 0.6 is 15.9 Å². The van der Waals surface area contributed by atoms with Crippen LogP contribution < -0.4 is 0 Å². The fourth-order valence-electron chi connectivity index (χ4n) is 2.55. The lowest BCUT2D eigenvalue weighted by Gasteiger charge is -2.28. The Morgan fingerprint density at radius 1 is 1.44 bits per heavy atom. The molecule has 0 N–H and O–H groups in total. The van der Waals surface area contributed by atoms with Gasteiger partial charge in [-0.3, -0.25) is 0 Å². The van der Waals surface area contributed by atoms with Crippen LogP contribution in [0.2, 0.25) is 0 Å². The molecule has 0 bridgehead atoms. The highest BCUT2D eigenvalue weighted by molar-refractivity contribution is 9.08. The highest BCUT2D eigenvalue weighted by atomic mass is 79.9. The Balaban J connectivity index is 2.28. The van der Waals surface area contributed by atoms with Crippen molar-refractivity contribution in [1.82, 2.24) is 14.8 Å². The molecule has 0 aliphatic carbocycles. The minimum Gasteiger partial charge on any atom is -0.381 e. The van der Waals surface area contributed by atoms with Gasteiger partial charge in [0.2, 0.25) is 0 Å². The number of ether oxygens (including phenoxy) is 1. The molecule has 0 saturated carbocycles. The van der Waals surface area contributed by atoms with E-state index in [0.29, 0.717) is 17.8 Å². The van der Waals surface area contributed by atoms with Crippen LogP contribution in [-0.2, 0) is 16.6 Å². The van der Waals surface area contributed by atoms with Gasteiger partial charge < -0.3 is 9.30 Å². The molecule has 1 saturated heterocycles. The molecule has 1 aromatic rings. The lowest BCUT2D eigenvalue weighted by Crippen LogP contribution is -2.27. The molecule has 0 amide bonds. The SMILES string of the molecule is CC(C)Cn1c(CBr)nnc1C1CCOCC1C. The van der Waals surface area contributed by atoms with Crippen molar-refractivity contribution in [2.75, 3.05) is 13.2 Å². The first-order valence-electron chi connectivity index (χ1n) is 6.69. The fourth-order valence-corrected chi connectivity index (χ4v) is 2.97. The number of hydrogen-bond acceptors (Lipinski definition) is 3. The average molecular weight is 316 g/mol. The van der Waals surface area contributed by atoms with Crippen LogP contribution in [0.5, 0.6) is 0 Å². The predicted octanol–water partition coefficient (Wildman–Crippen LogP) is 2.97. The molecule has 1 aromatic heterocycles. The Bertz CT molecular complexity index is 392. The van der Waals surface area contributed by atoms with Gasteiger partial charge in [0.05, 0.1) is 5.33 Å². The molecular weight excluding hydrogens is 294 g/mol. The van der Waals surface area contributed by atoms with Gasteiger partial charge in [0.15, 0.2) is 0 Å². The molecule has 2 atom stereocenters. The highest BCUT2D eigenvalue weighted by Gasteiger charge is 2.29. The highest BCUT2D eigenvalue weighted by Crippen LogP contribution is 2.31. The van der Waals surface area contributed by atoms with E-state index in [1.807, 2.05) is 0 Å². The fraction of sp³-hybridized carbons (Fsp3) is 0.846. The van der Waals surface area contributed by atoms with Crippen molar-refractivity contribution in [2.45, 2.75) is 45.0 Å². The summed E-state index contributed by atoms with van der Waals surface area (Å²) in [7, 11) is 0. The maximum Gasteiger partial charge on any atom is 0.143 e. The Morgan fingerprint density at radius 2 is 2.22 bits per heavy atom. The predicted molar refractivity (Wildman–Crippen MR) is 74.8 cm³/mol. The quantitative estimate of drug-likeness (QED) is 0.802. The Morgan fingerprint density at radius 3 is 2.83 bits per heavy atom. The molecule has 0 aromatic carbocycles. The number of hydrogen-bond donors (Lipinski definition) is 0. The maximum atomic E-state index is 5.52. The molecule has 2 heterocycles. The second-order valence-electron chi connectivity index (χ2n) is 5.56. The van der Waals surface area contributed by atoms with Gasteiger partial charge in [-0.2, -0.15) is 0 Å². The lowest BCUT2D eigenvalue weighted by atomic mass is 9.89. The minimum atomic E-state index is 0.484. The maximum absolute atomic E-state index is 5.52. The largest absolute Gasteiger partial charge is 0.381 e. The topological polar surface area (TPSA) is 39.9 Å². The number of nitrogens with zero attached hydrogens (tertiary/aromatic N) is 3. The molecule has 1 aliphatic rings. The number of rotatable bonds is 4. The van der Waals surface area contributed by atoms with Gasteiger partial charge in [0.25, 0.3) is 0 Å². The molecular formula is C13H22BrN3O. The van der Waals surface area contributed by atoms with Gasteiger partial charge in [0, 0.05) is 25.7 Å². The van der Waals surface area contributed by atoms with Gasteiger partial charge in [-0.05, 0) is 18.3 Å². The Kier molecular flexibility index (Phi) is 4.78. The molecule has 1 fully saturated rings. The smallest absolute Gasteiger partial charge is 0.143 e. The summed E-state index contributed by atoms with van der Waals surface area (Å²) in [6.45, 7) is 9.37. The summed E-state index contributed by atoms with van der Waals surface area (Å²) in [4.78, 5) is 0.